The summed E-state index contributed by atoms with van der Waals surface area (Å²) in [5, 5.41) is 0. The van der Waals surface area contributed by atoms with Crippen LogP contribution in [0.25, 0.3) is 0 Å². The Morgan fingerprint density at radius 2 is 2.09 bits per heavy atom. The highest BCUT2D eigenvalue weighted by Crippen LogP contribution is 2.00. The van der Waals surface area contributed by atoms with Crippen LogP contribution in [0.1, 0.15) is 33.1 Å². The molecule has 0 rings (SSSR count). The molecule has 0 bridgehead atoms. The van der Waals surface area contributed by atoms with Crippen LogP contribution in [0.5, 0.6) is 0 Å². The Kier molecular flexibility index (Phi) is 5.43. The topological polar surface area (TPSA) is 55.4 Å². The van der Waals surface area contributed by atoms with Gasteiger partial charge in [0, 0.05) is 12.3 Å². The van der Waals surface area contributed by atoms with Gasteiger partial charge < -0.3 is 5.73 Å². The normalized spacial score (nSPS) is 11.2. The predicted molar refractivity (Wildman–Crippen MR) is 46.7 cm³/mol. The fraction of sp³-hybridized carbons (Fsp3) is 0.750. The molecule has 2 N–H and O–H groups in total. The van der Waals surface area contributed by atoms with Crippen molar-refractivity contribution in [2.45, 2.75) is 39.2 Å². The van der Waals surface area contributed by atoms with E-state index in [2.05, 4.69) is 18.8 Å². The molecule has 0 radical (unpaired) electrons. The largest absolute Gasteiger partial charge is 0.369 e. The van der Waals surface area contributed by atoms with Crippen LogP contribution in [0.2, 0.25) is 0 Å². The molecule has 0 heterocycles. The van der Waals surface area contributed by atoms with E-state index in [1.54, 1.807) is 6.21 Å². The number of carbonyl (C=O) groups excluding carboxylic acids is 1. The molecule has 0 saturated carbocycles. The Morgan fingerprint density at radius 1 is 1.55 bits per heavy atom. The number of hydrogen-bond acceptors (Lipinski definition) is 2. The second-order valence-electron chi connectivity index (χ2n) is 2.47. The van der Waals surface area contributed by atoms with Gasteiger partial charge in [-0.2, -0.15) is 0 Å². The van der Waals surface area contributed by atoms with Gasteiger partial charge in [0.25, 0.3) is 0 Å². The van der Waals surface area contributed by atoms with E-state index >= 15 is 0 Å². The average molecular weight is 156 g/mol. The molecule has 3 nitrogen and oxygen atoms in total. The molecule has 0 aromatic heterocycles. The summed E-state index contributed by atoms with van der Waals surface area (Å²) in [6.07, 6.45) is 3.91. The smallest absolute Gasteiger partial charge is 0.222 e. The summed E-state index contributed by atoms with van der Waals surface area (Å²) in [7, 11) is 0. The minimum atomic E-state index is -0.320. The summed E-state index contributed by atoms with van der Waals surface area (Å²) in [5.41, 5.74) is 4.93. The molecule has 64 valence electrons. The number of nitrogens with two attached hydrogens (primary N) is 1. The highest BCUT2D eigenvalue weighted by Gasteiger charge is 1.97. The minimum Gasteiger partial charge on any atom is -0.369 e. The van der Waals surface area contributed by atoms with Gasteiger partial charge in [-0.1, -0.05) is 13.8 Å². The highest BCUT2D eigenvalue weighted by molar-refractivity contribution is 5.88. The zero-order valence-electron chi connectivity index (χ0n) is 7.21. The third-order valence-corrected chi connectivity index (χ3v) is 1.55. The third-order valence-electron chi connectivity index (χ3n) is 1.55. The lowest BCUT2D eigenvalue weighted by Crippen LogP contribution is -2.11. The van der Waals surface area contributed by atoms with Gasteiger partial charge >= 0.3 is 0 Å². The van der Waals surface area contributed by atoms with Gasteiger partial charge in [0.15, 0.2) is 0 Å². The van der Waals surface area contributed by atoms with Crippen LogP contribution in [-0.4, -0.2) is 18.2 Å². The van der Waals surface area contributed by atoms with Crippen LogP contribution in [0.4, 0.5) is 0 Å². The van der Waals surface area contributed by atoms with Crippen molar-refractivity contribution in [3.63, 3.8) is 0 Å². The van der Waals surface area contributed by atoms with E-state index in [0.29, 0.717) is 6.04 Å². The van der Waals surface area contributed by atoms with Crippen molar-refractivity contribution < 1.29 is 4.79 Å². The van der Waals surface area contributed by atoms with Crippen LogP contribution < -0.4 is 5.73 Å². The molecule has 0 unspecified atom stereocenters. The third kappa shape index (κ3) is 5.58. The summed E-state index contributed by atoms with van der Waals surface area (Å²) < 4.78 is 0. The Labute approximate surface area is 67.7 Å². The van der Waals surface area contributed by atoms with Gasteiger partial charge in [-0.15, -0.1) is 0 Å². The Hall–Kier alpha value is -0.860. The van der Waals surface area contributed by atoms with E-state index in [9.17, 15) is 4.79 Å². The molecule has 0 saturated heterocycles. The van der Waals surface area contributed by atoms with Crippen molar-refractivity contribution in [2.75, 3.05) is 0 Å². The monoisotopic (exact) mass is 156 g/mol. The molecular formula is C8H16N2O. The summed E-state index contributed by atoms with van der Waals surface area (Å²) in [6.45, 7) is 4.16. The van der Waals surface area contributed by atoms with Crippen LogP contribution in [0.15, 0.2) is 4.99 Å². The summed E-state index contributed by atoms with van der Waals surface area (Å²) in [5.74, 6) is -0.320. The fourth-order valence-electron chi connectivity index (χ4n) is 0.791. The predicted octanol–water partition coefficient (Wildman–Crippen LogP) is 1.12. The number of rotatable bonds is 5. The molecule has 1 amide bonds. The maximum atomic E-state index is 10.3. The summed E-state index contributed by atoms with van der Waals surface area (Å²) >= 11 is 0. The second-order valence-corrected chi connectivity index (χ2v) is 2.47. The molecule has 11 heavy (non-hydrogen) atoms. The van der Waals surface area contributed by atoms with E-state index in [1.165, 1.54) is 0 Å². The number of carbonyl (C=O) groups is 1. The van der Waals surface area contributed by atoms with E-state index < -0.39 is 0 Å². The van der Waals surface area contributed by atoms with E-state index in [4.69, 9.17) is 5.73 Å². The molecule has 0 aliphatic rings. The first kappa shape index (κ1) is 10.1. The Morgan fingerprint density at radius 3 is 2.45 bits per heavy atom. The number of primary amides is 1. The highest BCUT2D eigenvalue weighted by atomic mass is 16.1. The molecule has 0 aromatic carbocycles. The average Bonchev–Trinajstić information content (AvgIpc) is 1.98. The fourth-order valence-corrected chi connectivity index (χ4v) is 0.791. The lowest BCUT2D eigenvalue weighted by molar-refractivity contribution is -0.116. The second kappa shape index (κ2) is 5.89. The number of nitrogens with zero attached hydrogens (tertiary/aromatic N) is 1. The van der Waals surface area contributed by atoms with Crippen molar-refractivity contribution in [3.8, 4) is 0 Å². The number of hydrogen-bond donors (Lipinski definition) is 1. The molecule has 0 fully saturated rings. The lowest BCUT2D eigenvalue weighted by Gasteiger charge is -2.03. The van der Waals surface area contributed by atoms with Crippen molar-refractivity contribution in [3.05, 3.63) is 0 Å². The SMILES string of the molecule is CCC(CC)N=CCC(N)=O. The quantitative estimate of drug-likeness (QED) is 0.596. The standard InChI is InChI=1S/C8H16N2O/c1-3-7(4-2)10-6-5-8(9)11/h6-7H,3-5H2,1-2H3,(H2,9,11). The molecule has 0 atom stereocenters. The number of amides is 1. The Balaban J connectivity index is 3.61. The van der Waals surface area contributed by atoms with E-state index in [-0.39, 0.29) is 12.3 Å². The van der Waals surface area contributed by atoms with Crippen LogP contribution in [-0.2, 0) is 4.79 Å². The number of aliphatic imine (C=N–C) groups is 1. The first-order valence-electron chi connectivity index (χ1n) is 4.00. The van der Waals surface area contributed by atoms with Crippen LogP contribution in [0.3, 0.4) is 0 Å². The van der Waals surface area contributed by atoms with Gasteiger partial charge in [-0.3, -0.25) is 9.79 Å². The maximum Gasteiger partial charge on any atom is 0.222 e. The first-order valence-corrected chi connectivity index (χ1v) is 4.00. The van der Waals surface area contributed by atoms with Crippen molar-refractivity contribution in [2.24, 2.45) is 10.7 Å². The van der Waals surface area contributed by atoms with Crippen LogP contribution in [0, 0.1) is 0 Å². The van der Waals surface area contributed by atoms with Crippen molar-refractivity contribution in [1.29, 1.82) is 0 Å². The van der Waals surface area contributed by atoms with Gasteiger partial charge in [-0.25, -0.2) is 0 Å². The lowest BCUT2D eigenvalue weighted by atomic mass is 10.2. The van der Waals surface area contributed by atoms with E-state index in [0.717, 1.165) is 12.8 Å². The first-order chi connectivity index (χ1) is 5.20. The summed E-state index contributed by atoms with van der Waals surface area (Å²) in [6, 6.07) is 0.356. The Bertz CT molecular complexity index is 139. The van der Waals surface area contributed by atoms with Crippen molar-refractivity contribution >= 4 is 12.1 Å². The van der Waals surface area contributed by atoms with E-state index in [1.807, 2.05) is 0 Å². The zero-order valence-corrected chi connectivity index (χ0v) is 7.21. The molecule has 3 heteroatoms. The minimum absolute atomic E-state index is 0.260. The molecule has 0 aliphatic carbocycles. The van der Waals surface area contributed by atoms with Gasteiger partial charge in [0.1, 0.15) is 0 Å². The summed E-state index contributed by atoms with van der Waals surface area (Å²) in [4.78, 5) is 14.5. The molecule has 0 aromatic rings. The molecule has 0 aliphatic heterocycles. The molecular weight excluding hydrogens is 140 g/mol. The van der Waals surface area contributed by atoms with Gasteiger partial charge in [-0.05, 0) is 12.8 Å². The van der Waals surface area contributed by atoms with Gasteiger partial charge in [0.05, 0.1) is 6.42 Å². The van der Waals surface area contributed by atoms with Gasteiger partial charge in [0.2, 0.25) is 5.91 Å². The van der Waals surface area contributed by atoms with Crippen LogP contribution >= 0.6 is 0 Å². The van der Waals surface area contributed by atoms with Crippen molar-refractivity contribution in [1.82, 2.24) is 0 Å². The molecule has 0 spiro atoms. The maximum absolute atomic E-state index is 10.3. The zero-order chi connectivity index (χ0) is 8.69.